The van der Waals surface area contributed by atoms with Crippen molar-refractivity contribution in [3.05, 3.63) is 0 Å². The molecule has 0 bridgehead atoms. The number of carbonyl (C=O) groups excluding carboxylic acids is 1. The summed E-state index contributed by atoms with van der Waals surface area (Å²) in [7, 11) is -7.32. The molecule has 19 heavy (non-hydrogen) atoms. The summed E-state index contributed by atoms with van der Waals surface area (Å²) in [6.07, 6.45) is 2.53. The van der Waals surface area contributed by atoms with Crippen molar-refractivity contribution in [2.75, 3.05) is 31.0 Å². The zero-order chi connectivity index (χ0) is 14.3. The lowest BCUT2D eigenvalue weighted by atomic mass is 9.78. The Kier molecular flexibility index (Phi) is 3.65. The Morgan fingerprint density at radius 2 is 1.79 bits per heavy atom. The second-order valence-corrected chi connectivity index (χ2v) is 9.98. The molecule has 0 saturated carbocycles. The minimum atomic E-state index is -3.76. The van der Waals surface area contributed by atoms with E-state index < -0.39 is 24.9 Å². The molecule has 2 aliphatic heterocycles. The summed E-state index contributed by atoms with van der Waals surface area (Å²) >= 11 is 0. The van der Waals surface area contributed by atoms with Crippen LogP contribution in [0, 0.1) is 5.41 Å². The van der Waals surface area contributed by atoms with Gasteiger partial charge in [0.2, 0.25) is 15.9 Å². The number of nitrogens with one attached hydrogen (secondary N) is 1. The molecular weight excluding hydrogens is 292 g/mol. The van der Waals surface area contributed by atoms with Crippen molar-refractivity contribution in [3.63, 3.8) is 0 Å². The van der Waals surface area contributed by atoms with Gasteiger partial charge in [0.05, 0.1) is 0 Å². The number of amides is 1. The molecule has 2 aliphatic rings. The molecule has 0 atom stereocenters. The first kappa shape index (κ1) is 14.7. The van der Waals surface area contributed by atoms with Crippen LogP contribution in [0.5, 0.6) is 0 Å². The predicted molar refractivity (Wildman–Crippen MR) is 69.5 cm³/mol. The van der Waals surface area contributed by atoms with Gasteiger partial charge in [-0.05, 0) is 18.3 Å². The third kappa shape index (κ3) is 3.46. The standard InChI is InChI=1S/C10H18N2O5S2/c1-18(14,15)8-19(16,17)12-4-2-10(3-5-12)6-9(13)11-7-10/h2-8H2,1H3,(H,11,13). The lowest BCUT2D eigenvalue weighted by molar-refractivity contribution is -0.119. The fraction of sp³-hybridized carbons (Fsp3) is 0.900. The smallest absolute Gasteiger partial charge is 0.228 e. The van der Waals surface area contributed by atoms with Gasteiger partial charge in [0.1, 0.15) is 0 Å². The van der Waals surface area contributed by atoms with Gasteiger partial charge in [-0.25, -0.2) is 21.1 Å². The number of nitrogens with zero attached hydrogens (tertiary/aromatic N) is 1. The van der Waals surface area contributed by atoms with Gasteiger partial charge in [0, 0.05) is 32.3 Å². The molecule has 0 aromatic rings. The third-order valence-corrected chi connectivity index (χ3v) is 7.79. The van der Waals surface area contributed by atoms with Gasteiger partial charge in [-0.2, -0.15) is 0 Å². The highest BCUT2D eigenvalue weighted by Crippen LogP contribution is 2.38. The quantitative estimate of drug-likeness (QED) is 0.714. The van der Waals surface area contributed by atoms with Gasteiger partial charge in [-0.3, -0.25) is 4.79 Å². The molecule has 0 radical (unpaired) electrons. The van der Waals surface area contributed by atoms with Gasteiger partial charge in [-0.1, -0.05) is 0 Å². The SMILES string of the molecule is CS(=O)(=O)CS(=O)(=O)N1CCC2(CC1)CNC(=O)C2. The highest BCUT2D eigenvalue weighted by molar-refractivity contribution is 8.06. The van der Waals surface area contributed by atoms with E-state index in [0.717, 1.165) is 6.26 Å². The first-order valence-electron chi connectivity index (χ1n) is 6.04. The third-order valence-electron chi connectivity index (χ3n) is 3.74. The average Bonchev–Trinajstić information content (AvgIpc) is 2.57. The molecule has 2 fully saturated rings. The summed E-state index contributed by atoms with van der Waals surface area (Å²) in [6.45, 7) is 1.16. The topological polar surface area (TPSA) is 101 Å². The van der Waals surface area contributed by atoms with Crippen molar-refractivity contribution in [1.29, 1.82) is 0 Å². The Morgan fingerprint density at radius 3 is 2.21 bits per heavy atom. The fourth-order valence-corrected chi connectivity index (χ4v) is 6.19. The van der Waals surface area contributed by atoms with Crippen molar-refractivity contribution in [3.8, 4) is 0 Å². The van der Waals surface area contributed by atoms with E-state index in [2.05, 4.69) is 5.32 Å². The summed E-state index contributed by atoms with van der Waals surface area (Å²) in [4.78, 5) is 11.3. The van der Waals surface area contributed by atoms with E-state index in [1.807, 2.05) is 0 Å². The number of rotatable bonds is 3. The number of hydrogen-bond donors (Lipinski definition) is 1. The molecule has 110 valence electrons. The van der Waals surface area contributed by atoms with Gasteiger partial charge in [0.15, 0.2) is 14.9 Å². The van der Waals surface area contributed by atoms with Crippen molar-refractivity contribution in [2.45, 2.75) is 19.3 Å². The normalized spacial score (nSPS) is 24.6. The van der Waals surface area contributed by atoms with Gasteiger partial charge >= 0.3 is 0 Å². The van der Waals surface area contributed by atoms with Crippen LogP contribution >= 0.6 is 0 Å². The highest BCUT2D eigenvalue weighted by atomic mass is 32.3. The number of hydrogen-bond acceptors (Lipinski definition) is 5. The number of sulfonamides is 1. The van der Waals surface area contributed by atoms with Crippen LogP contribution in [0.3, 0.4) is 0 Å². The lowest BCUT2D eigenvalue weighted by Crippen LogP contribution is -2.45. The molecule has 2 heterocycles. The molecule has 9 heteroatoms. The van der Waals surface area contributed by atoms with Crippen LogP contribution in [-0.4, -0.2) is 58.0 Å². The number of carbonyl (C=O) groups is 1. The summed E-state index contributed by atoms with van der Waals surface area (Å²) in [6, 6.07) is 0. The van der Waals surface area contributed by atoms with Crippen molar-refractivity contribution in [1.82, 2.24) is 9.62 Å². The Labute approximate surface area is 113 Å². The molecule has 2 rings (SSSR count). The van der Waals surface area contributed by atoms with Crippen LogP contribution in [0.2, 0.25) is 0 Å². The minimum absolute atomic E-state index is 0.00689. The second kappa shape index (κ2) is 4.71. The molecule has 0 unspecified atom stereocenters. The van der Waals surface area contributed by atoms with E-state index in [-0.39, 0.29) is 24.4 Å². The van der Waals surface area contributed by atoms with Crippen LogP contribution in [0.15, 0.2) is 0 Å². The lowest BCUT2D eigenvalue weighted by Gasteiger charge is -2.37. The molecular formula is C10H18N2O5S2. The van der Waals surface area contributed by atoms with Crippen LogP contribution in [-0.2, 0) is 24.7 Å². The average molecular weight is 310 g/mol. The zero-order valence-electron chi connectivity index (χ0n) is 10.8. The Bertz CT molecular complexity index is 573. The molecule has 1 amide bonds. The van der Waals surface area contributed by atoms with Gasteiger partial charge < -0.3 is 5.32 Å². The maximum absolute atomic E-state index is 11.9. The number of sulfone groups is 1. The largest absolute Gasteiger partial charge is 0.356 e. The van der Waals surface area contributed by atoms with E-state index in [1.54, 1.807) is 0 Å². The molecule has 0 aromatic heterocycles. The zero-order valence-corrected chi connectivity index (χ0v) is 12.4. The maximum atomic E-state index is 11.9. The van der Waals surface area contributed by atoms with Crippen molar-refractivity contribution >= 4 is 25.8 Å². The van der Waals surface area contributed by atoms with Crippen molar-refractivity contribution < 1.29 is 21.6 Å². The van der Waals surface area contributed by atoms with E-state index in [9.17, 15) is 21.6 Å². The molecule has 0 aromatic carbocycles. The molecule has 0 aliphatic carbocycles. The molecule has 1 spiro atoms. The Morgan fingerprint density at radius 1 is 1.21 bits per heavy atom. The van der Waals surface area contributed by atoms with Gasteiger partial charge in [-0.15, -0.1) is 0 Å². The summed E-state index contributed by atoms with van der Waals surface area (Å²) in [5.41, 5.74) is -0.145. The Balaban J connectivity index is 2.02. The summed E-state index contributed by atoms with van der Waals surface area (Å²) in [5.74, 6) is 0.00689. The van der Waals surface area contributed by atoms with Crippen LogP contribution in [0.1, 0.15) is 19.3 Å². The second-order valence-electron chi connectivity index (χ2n) is 5.51. The Hall–Kier alpha value is -0.670. The van der Waals surface area contributed by atoms with E-state index in [4.69, 9.17) is 0 Å². The van der Waals surface area contributed by atoms with Crippen LogP contribution < -0.4 is 5.32 Å². The van der Waals surface area contributed by atoms with Crippen LogP contribution in [0.25, 0.3) is 0 Å². The molecule has 1 N–H and O–H groups in total. The van der Waals surface area contributed by atoms with Crippen molar-refractivity contribution in [2.24, 2.45) is 5.41 Å². The van der Waals surface area contributed by atoms with E-state index in [0.29, 0.717) is 25.8 Å². The molecule has 7 nitrogen and oxygen atoms in total. The summed E-state index contributed by atoms with van der Waals surface area (Å²) < 4.78 is 47.3. The molecule has 2 saturated heterocycles. The monoisotopic (exact) mass is 310 g/mol. The predicted octanol–water partition coefficient (Wildman–Crippen LogP) is -1.08. The maximum Gasteiger partial charge on any atom is 0.228 e. The highest BCUT2D eigenvalue weighted by Gasteiger charge is 2.43. The minimum Gasteiger partial charge on any atom is -0.356 e. The number of piperidine rings is 1. The van der Waals surface area contributed by atoms with Gasteiger partial charge in [0.25, 0.3) is 0 Å². The fourth-order valence-electron chi connectivity index (χ4n) is 2.69. The first-order valence-corrected chi connectivity index (χ1v) is 9.71. The first-order chi connectivity index (χ1) is 8.62. The van der Waals surface area contributed by atoms with Crippen LogP contribution in [0.4, 0.5) is 0 Å². The van der Waals surface area contributed by atoms with E-state index in [1.165, 1.54) is 4.31 Å². The van der Waals surface area contributed by atoms with E-state index >= 15 is 0 Å². The summed E-state index contributed by atoms with van der Waals surface area (Å²) in [5, 5.41) is 1.93.